The molecule has 0 aromatic rings. The molecule has 0 aromatic carbocycles. The van der Waals surface area contributed by atoms with Crippen LogP contribution in [0.3, 0.4) is 0 Å². The second kappa shape index (κ2) is 17.2. The Morgan fingerprint density at radius 1 is 1.14 bits per heavy atom. The first kappa shape index (κ1) is 29.6. The van der Waals surface area contributed by atoms with Gasteiger partial charge in [-0.25, -0.2) is 0 Å². The second-order valence-electron chi connectivity index (χ2n) is 0.224. The zero-order chi connectivity index (χ0) is 3.58. The van der Waals surface area contributed by atoms with Crippen molar-refractivity contribution in [3.05, 3.63) is 15.3 Å². The first-order valence-electron chi connectivity index (χ1n) is 0.548. The summed E-state index contributed by atoms with van der Waals surface area (Å²) in [6.45, 7) is 0. The quantitative estimate of drug-likeness (QED) is 0.258. The Morgan fingerprint density at radius 2 is 1.14 bits per heavy atom. The molecule has 1 radical (unpaired) electrons. The molecule has 0 aromatic heterocycles. The van der Waals surface area contributed by atoms with E-state index in [1.54, 1.807) is 0 Å². The SMILES string of the molecule is O.O.O=[N+]([O-])[O-].[Rh]. The van der Waals surface area contributed by atoms with E-state index in [1.165, 1.54) is 0 Å². The number of nitrogens with zero attached hydrogens (tertiary/aromatic N) is 1. The fourth-order valence-corrected chi connectivity index (χ4v) is 0. The largest absolute Gasteiger partial charge is 0.412 e. The summed E-state index contributed by atoms with van der Waals surface area (Å²) in [6, 6.07) is 0. The van der Waals surface area contributed by atoms with E-state index in [-0.39, 0.29) is 30.4 Å². The van der Waals surface area contributed by atoms with Crippen molar-refractivity contribution < 1.29 is 35.5 Å². The zero-order valence-corrected chi connectivity index (χ0v) is 4.64. The average Bonchev–Trinajstić information content (AvgIpc) is 0.811. The number of rotatable bonds is 0. The smallest absolute Gasteiger partial charge is 0.0689 e. The number of hydrogen-bond acceptors (Lipinski definition) is 3. The van der Waals surface area contributed by atoms with Gasteiger partial charge in [-0.05, 0) is 0 Å². The Hall–Kier alpha value is -0.257. The molecule has 0 atom stereocenters. The van der Waals surface area contributed by atoms with Gasteiger partial charge in [0.25, 0.3) is 0 Å². The minimum atomic E-state index is -1.75. The van der Waals surface area contributed by atoms with Gasteiger partial charge in [-0.15, -0.1) is 0 Å². The zero-order valence-electron chi connectivity index (χ0n) is 3.01. The summed E-state index contributed by atoms with van der Waals surface area (Å²) < 4.78 is 0. The van der Waals surface area contributed by atoms with Crippen molar-refractivity contribution in [3.63, 3.8) is 0 Å². The summed E-state index contributed by atoms with van der Waals surface area (Å²) in [5.74, 6) is 0. The van der Waals surface area contributed by atoms with Gasteiger partial charge in [0, 0.05) is 19.5 Å². The van der Waals surface area contributed by atoms with Crippen LogP contribution in [-0.4, -0.2) is 16.0 Å². The summed E-state index contributed by atoms with van der Waals surface area (Å²) in [4.78, 5) is 8.25. The summed E-state index contributed by atoms with van der Waals surface area (Å²) in [5.41, 5.74) is 0. The molecule has 0 fully saturated rings. The van der Waals surface area contributed by atoms with Crippen LogP contribution >= 0.6 is 0 Å². The third kappa shape index (κ3) is 1220. The van der Waals surface area contributed by atoms with Crippen molar-refractivity contribution in [1.82, 2.24) is 0 Å². The summed E-state index contributed by atoms with van der Waals surface area (Å²) in [5, 5.41) is 14.8. The van der Waals surface area contributed by atoms with Crippen molar-refractivity contribution in [2.45, 2.75) is 0 Å². The van der Waals surface area contributed by atoms with Gasteiger partial charge >= 0.3 is 0 Å². The molecule has 6 nitrogen and oxygen atoms in total. The normalized spacial score (nSPS) is 3.43. The molecule has 7 heavy (non-hydrogen) atoms. The van der Waals surface area contributed by atoms with Crippen LogP contribution in [0.2, 0.25) is 0 Å². The molecule has 0 aliphatic rings. The van der Waals surface area contributed by atoms with Crippen molar-refractivity contribution >= 4 is 0 Å². The number of hydrogen-bond donors (Lipinski definition) is 0. The van der Waals surface area contributed by atoms with Crippen LogP contribution in [0.25, 0.3) is 0 Å². The van der Waals surface area contributed by atoms with Gasteiger partial charge < -0.3 is 26.3 Å². The maximum Gasteiger partial charge on any atom is 0.0689 e. The molecule has 49 valence electrons. The maximum absolute atomic E-state index is 8.25. The van der Waals surface area contributed by atoms with Crippen molar-refractivity contribution in [2.24, 2.45) is 0 Å². The van der Waals surface area contributed by atoms with E-state index >= 15 is 0 Å². The van der Waals surface area contributed by atoms with Crippen LogP contribution in [0.4, 0.5) is 0 Å². The van der Waals surface area contributed by atoms with Gasteiger partial charge in [0.05, 0.1) is 5.09 Å². The van der Waals surface area contributed by atoms with Gasteiger partial charge in [-0.3, -0.25) is 0 Å². The van der Waals surface area contributed by atoms with E-state index < -0.39 is 5.09 Å². The topological polar surface area (TPSA) is 129 Å². The van der Waals surface area contributed by atoms with Gasteiger partial charge in [-0.1, -0.05) is 0 Å². The van der Waals surface area contributed by atoms with Crippen molar-refractivity contribution in [1.29, 1.82) is 0 Å². The van der Waals surface area contributed by atoms with E-state index in [9.17, 15) is 0 Å². The third-order valence-corrected chi connectivity index (χ3v) is 0. The molecule has 0 amide bonds. The predicted molar refractivity (Wildman–Crippen MR) is 17.6 cm³/mol. The molecule has 0 aliphatic carbocycles. The van der Waals surface area contributed by atoms with Crippen LogP contribution < -0.4 is 0 Å². The Balaban J connectivity index is -0.0000000150. The predicted octanol–water partition coefficient (Wildman–Crippen LogP) is -1.89. The molecular formula is H4NO5Rh-. The molecule has 0 rings (SSSR count). The Bertz CT molecular complexity index is 31.1. The van der Waals surface area contributed by atoms with Gasteiger partial charge in [-0.2, -0.15) is 0 Å². The molecule has 0 unspecified atom stereocenters. The standard InChI is InChI=1S/NO3.2H2O.Rh/c2-1(3)4;;;/h;2*1H2;/q-1;;;. The van der Waals surface area contributed by atoms with E-state index in [2.05, 4.69) is 0 Å². The molecular weight excluding hydrogens is 197 g/mol. The van der Waals surface area contributed by atoms with Crippen LogP contribution in [0.15, 0.2) is 0 Å². The molecule has 0 saturated heterocycles. The minimum Gasteiger partial charge on any atom is -0.412 e. The van der Waals surface area contributed by atoms with E-state index in [0.717, 1.165) is 0 Å². The summed E-state index contributed by atoms with van der Waals surface area (Å²) in [6.07, 6.45) is 0. The van der Waals surface area contributed by atoms with Gasteiger partial charge in [0.1, 0.15) is 0 Å². The molecule has 0 saturated carbocycles. The van der Waals surface area contributed by atoms with Gasteiger partial charge in [0.15, 0.2) is 0 Å². The monoisotopic (exact) mass is 201 g/mol. The molecule has 7 heteroatoms. The first-order valence-corrected chi connectivity index (χ1v) is 0.548. The molecule has 4 N–H and O–H groups in total. The minimum absolute atomic E-state index is 0. The molecule has 0 spiro atoms. The van der Waals surface area contributed by atoms with Crippen LogP contribution in [0, 0.1) is 15.3 Å². The van der Waals surface area contributed by atoms with E-state index in [0.29, 0.717) is 0 Å². The maximum atomic E-state index is 8.25. The van der Waals surface area contributed by atoms with Crippen LogP contribution in [0.5, 0.6) is 0 Å². The van der Waals surface area contributed by atoms with Crippen LogP contribution in [0.1, 0.15) is 0 Å². The van der Waals surface area contributed by atoms with Crippen molar-refractivity contribution in [3.8, 4) is 0 Å². The average molecular weight is 201 g/mol. The fraction of sp³-hybridized carbons (Fsp3) is 0. The molecule has 0 heterocycles. The second-order valence-corrected chi connectivity index (χ2v) is 0.224. The molecule has 0 bridgehead atoms. The first-order chi connectivity index (χ1) is 1.73. The Labute approximate surface area is 51.6 Å². The molecule has 0 aliphatic heterocycles. The Kier molecular flexibility index (Phi) is 72.5. The third-order valence-electron chi connectivity index (χ3n) is 0. The fourth-order valence-electron chi connectivity index (χ4n) is 0. The summed E-state index contributed by atoms with van der Waals surface area (Å²) >= 11 is 0. The van der Waals surface area contributed by atoms with Crippen molar-refractivity contribution in [2.75, 3.05) is 0 Å². The van der Waals surface area contributed by atoms with Gasteiger partial charge in [0.2, 0.25) is 0 Å². The van der Waals surface area contributed by atoms with Crippen LogP contribution in [-0.2, 0) is 19.5 Å². The van der Waals surface area contributed by atoms with E-state index in [1.807, 2.05) is 0 Å². The Morgan fingerprint density at radius 3 is 1.14 bits per heavy atom. The summed E-state index contributed by atoms with van der Waals surface area (Å²) in [7, 11) is 0. The van der Waals surface area contributed by atoms with E-state index in [4.69, 9.17) is 15.3 Å².